The normalized spacial score (nSPS) is 11.1. The highest BCUT2D eigenvalue weighted by Crippen LogP contribution is 2.41. The van der Waals surface area contributed by atoms with Gasteiger partial charge in [-0.15, -0.1) is 0 Å². The average molecular weight is 826 g/mol. The van der Waals surface area contributed by atoms with Crippen LogP contribution < -0.4 is 0 Å². The van der Waals surface area contributed by atoms with Crippen molar-refractivity contribution in [1.29, 1.82) is 0 Å². The number of pyridine rings is 1. The van der Waals surface area contributed by atoms with Gasteiger partial charge in [0.2, 0.25) is 0 Å². The van der Waals surface area contributed by atoms with Crippen molar-refractivity contribution >= 4 is 0 Å². The van der Waals surface area contributed by atoms with E-state index >= 15 is 0 Å². The fraction of sp³-hybridized carbons (Fsp3) is 0.0702. The fourth-order valence-corrected chi connectivity index (χ4v) is 8.01. The molecule has 0 radical (unpaired) electrons. The molecule has 0 spiro atoms. The monoisotopic (exact) mass is 825 g/mol. The number of benzene rings is 7. The van der Waals surface area contributed by atoms with Crippen molar-refractivity contribution in [3.8, 4) is 102 Å². The lowest BCUT2D eigenvalue weighted by atomic mass is 9.88. The van der Waals surface area contributed by atoms with Crippen molar-refractivity contribution in [2.24, 2.45) is 0 Å². The van der Waals surface area contributed by atoms with Crippen LogP contribution in [-0.4, -0.2) is 34.9 Å². The Morgan fingerprint density at radius 2 is 0.562 bits per heavy atom. The Labute approximate surface area is 373 Å². The Balaban J connectivity index is 1.13. The maximum Gasteiger partial charge on any atom is 0.164 e. The summed E-state index contributed by atoms with van der Waals surface area (Å²) in [5.74, 6) is 3.68. The molecular weight excluding hydrogens is 783 g/mol. The zero-order valence-corrected chi connectivity index (χ0v) is 36.0. The van der Waals surface area contributed by atoms with Crippen LogP contribution in [0.15, 0.2) is 188 Å². The lowest BCUT2D eigenvalue weighted by Crippen LogP contribution is -2.01. The molecule has 0 aliphatic carbocycles. The Hall–Kier alpha value is -8.29. The van der Waals surface area contributed by atoms with Crippen LogP contribution in [0.1, 0.15) is 22.5 Å². The zero-order chi connectivity index (χ0) is 43.6. The predicted molar refractivity (Wildman–Crippen MR) is 259 cm³/mol. The third-order valence-electron chi connectivity index (χ3n) is 11.3. The SMILES string of the molecule is Cc1ccc(-c2nc(-c3ccccc3)nc(-c3ccc(-c4cc(-c5cc(C)nc(C)c5)ccc4-c4ccccc4-c4nc(-c5ccccc5)nc(-c5ccc(C)cc5)n4)cc3)n2)cc1. The van der Waals surface area contributed by atoms with E-state index in [1.165, 1.54) is 11.1 Å². The van der Waals surface area contributed by atoms with Gasteiger partial charge in [-0.2, -0.15) is 0 Å². The van der Waals surface area contributed by atoms with E-state index in [0.29, 0.717) is 34.9 Å². The number of rotatable bonds is 9. The van der Waals surface area contributed by atoms with Gasteiger partial charge in [0.1, 0.15) is 0 Å². The van der Waals surface area contributed by atoms with E-state index in [9.17, 15) is 0 Å². The summed E-state index contributed by atoms with van der Waals surface area (Å²) in [5, 5.41) is 0. The molecule has 306 valence electrons. The summed E-state index contributed by atoms with van der Waals surface area (Å²) in [6, 6.07) is 64.7. The quantitative estimate of drug-likeness (QED) is 0.143. The molecule has 0 saturated carbocycles. The van der Waals surface area contributed by atoms with Crippen molar-refractivity contribution in [3.05, 3.63) is 211 Å². The molecule has 7 aromatic carbocycles. The van der Waals surface area contributed by atoms with Gasteiger partial charge in [0.15, 0.2) is 34.9 Å². The molecule has 10 aromatic rings. The third-order valence-corrected chi connectivity index (χ3v) is 11.3. The van der Waals surface area contributed by atoms with Crippen molar-refractivity contribution in [2.75, 3.05) is 0 Å². The molecule has 0 bridgehead atoms. The second-order valence-corrected chi connectivity index (χ2v) is 16.1. The van der Waals surface area contributed by atoms with Crippen molar-refractivity contribution in [2.45, 2.75) is 27.7 Å². The first-order valence-electron chi connectivity index (χ1n) is 21.4. The minimum Gasteiger partial charge on any atom is -0.258 e. The van der Waals surface area contributed by atoms with Gasteiger partial charge in [-0.1, -0.05) is 181 Å². The zero-order valence-electron chi connectivity index (χ0n) is 36.0. The van der Waals surface area contributed by atoms with Gasteiger partial charge in [-0.25, -0.2) is 29.9 Å². The smallest absolute Gasteiger partial charge is 0.164 e. The van der Waals surface area contributed by atoms with Crippen LogP contribution >= 0.6 is 0 Å². The second-order valence-electron chi connectivity index (χ2n) is 16.1. The lowest BCUT2D eigenvalue weighted by molar-refractivity contribution is 1.07. The van der Waals surface area contributed by atoms with Gasteiger partial charge in [0, 0.05) is 44.8 Å². The second kappa shape index (κ2) is 17.2. The molecule has 0 N–H and O–H groups in total. The van der Waals surface area contributed by atoms with Crippen LogP contribution in [0.2, 0.25) is 0 Å². The summed E-state index contributed by atoms with van der Waals surface area (Å²) >= 11 is 0. The first-order chi connectivity index (χ1) is 31.3. The molecule has 7 heteroatoms. The van der Waals surface area contributed by atoms with E-state index in [4.69, 9.17) is 29.9 Å². The fourth-order valence-electron chi connectivity index (χ4n) is 8.01. The number of hydrogen-bond donors (Lipinski definition) is 0. The van der Waals surface area contributed by atoms with E-state index < -0.39 is 0 Å². The van der Waals surface area contributed by atoms with Gasteiger partial charge in [-0.05, 0) is 79.3 Å². The van der Waals surface area contributed by atoms with E-state index in [1.54, 1.807) is 0 Å². The van der Waals surface area contributed by atoms with Crippen LogP contribution in [-0.2, 0) is 0 Å². The predicted octanol–water partition coefficient (Wildman–Crippen LogP) is 13.7. The maximum absolute atomic E-state index is 5.16. The van der Waals surface area contributed by atoms with E-state index in [2.05, 4.69) is 140 Å². The molecule has 0 aliphatic rings. The minimum atomic E-state index is 0.597. The Morgan fingerprint density at radius 3 is 1.03 bits per heavy atom. The first-order valence-corrected chi connectivity index (χ1v) is 21.4. The van der Waals surface area contributed by atoms with Gasteiger partial charge >= 0.3 is 0 Å². The van der Waals surface area contributed by atoms with Crippen molar-refractivity contribution < 1.29 is 0 Å². The van der Waals surface area contributed by atoms with Gasteiger partial charge < -0.3 is 0 Å². The van der Waals surface area contributed by atoms with Crippen molar-refractivity contribution in [3.63, 3.8) is 0 Å². The molecule has 7 nitrogen and oxygen atoms in total. The summed E-state index contributed by atoms with van der Waals surface area (Å²) in [6.45, 7) is 8.24. The summed E-state index contributed by atoms with van der Waals surface area (Å²) < 4.78 is 0. The van der Waals surface area contributed by atoms with E-state index in [1.807, 2.05) is 80.6 Å². The molecule has 10 rings (SSSR count). The molecular formula is C57H43N7. The highest BCUT2D eigenvalue weighted by atomic mass is 15.0. The van der Waals surface area contributed by atoms with Crippen LogP contribution in [0.3, 0.4) is 0 Å². The van der Waals surface area contributed by atoms with Crippen LogP contribution in [0.5, 0.6) is 0 Å². The number of hydrogen-bond acceptors (Lipinski definition) is 7. The first kappa shape index (κ1) is 39.8. The summed E-state index contributed by atoms with van der Waals surface area (Å²) in [4.78, 5) is 35.0. The number of aryl methyl sites for hydroxylation is 4. The topological polar surface area (TPSA) is 90.2 Å². The molecule has 0 atom stereocenters. The highest BCUT2D eigenvalue weighted by Gasteiger charge is 2.20. The Bertz CT molecular complexity index is 3260. The van der Waals surface area contributed by atoms with E-state index in [-0.39, 0.29) is 0 Å². The Morgan fingerprint density at radius 1 is 0.219 bits per heavy atom. The number of aromatic nitrogens is 7. The van der Waals surface area contributed by atoms with Gasteiger partial charge in [0.05, 0.1) is 0 Å². The average Bonchev–Trinajstić information content (AvgIpc) is 3.34. The van der Waals surface area contributed by atoms with Gasteiger partial charge in [0.25, 0.3) is 0 Å². The molecule has 0 saturated heterocycles. The largest absolute Gasteiger partial charge is 0.258 e. The summed E-state index contributed by atoms with van der Waals surface area (Å²) in [6.07, 6.45) is 0. The minimum absolute atomic E-state index is 0.597. The molecule has 0 unspecified atom stereocenters. The molecule has 0 aliphatic heterocycles. The number of nitrogens with zero attached hydrogens (tertiary/aromatic N) is 7. The summed E-state index contributed by atoms with van der Waals surface area (Å²) in [5.41, 5.74) is 16.1. The van der Waals surface area contributed by atoms with Crippen molar-refractivity contribution in [1.82, 2.24) is 34.9 Å². The lowest BCUT2D eigenvalue weighted by Gasteiger charge is -2.17. The van der Waals surface area contributed by atoms with E-state index in [0.717, 1.165) is 78.1 Å². The maximum atomic E-state index is 5.16. The highest BCUT2D eigenvalue weighted by molar-refractivity contribution is 5.93. The Kier molecular flexibility index (Phi) is 10.7. The van der Waals surface area contributed by atoms with Crippen LogP contribution in [0, 0.1) is 27.7 Å². The van der Waals surface area contributed by atoms with Crippen LogP contribution in [0.4, 0.5) is 0 Å². The van der Waals surface area contributed by atoms with Gasteiger partial charge in [-0.3, -0.25) is 4.98 Å². The molecule has 0 amide bonds. The summed E-state index contributed by atoms with van der Waals surface area (Å²) in [7, 11) is 0. The molecule has 3 heterocycles. The third kappa shape index (κ3) is 8.35. The molecule has 64 heavy (non-hydrogen) atoms. The van der Waals surface area contributed by atoms with Crippen LogP contribution in [0.25, 0.3) is 102 Å². The molecule has 0 fully saturated rings. The molecule has 3 aromatic heterocycles. The standard InChI is InChI=1S/C57H43N7/c1-36-19-23-43(24-20-36)54-59-52(41-13-7-5-8-14-41)60-55(62-54)45-29-27-40(28-30-45)51-35-46(47-33-38(3)58-39(4)34-47)31-32-49(51)48-17-11-12-18-50(48)57-63-53(42-15-9-6-10-16-42)61-56(64-57)44-25-21-37(2)22-26-44/h5-35H,1-4H3.